The molecule has 9 heteroatoms. The van der Waals surface area contributed by atoms with Crippen LogP contribution in [0.3, 0.4) is 0 Å². The molecule has 1 heterocycles. The molecule has 32 heavy (non-hydrogen) atoms. The largest absolute Gasteiger partial charge is 0.487 e. The Morgan fingerprint density at radius 2 is 1.94 bits per heavy atom. The summed E-state index contributed by atoms with van der Waals surface area (Å²) in [6, 6.07) is 11.9. The Labute approximate surface area is 196 Å². The van der Waals surface area contributed by atoms with E-state index in [0.717, 1.165) is 5.56 Å². The lowest BCUT2D eigenvalue weighted by Gasteiger charge is -2.10. The van der Waals surface area contributed by atoms with Crippen molar-refractivity contribution in [1.29, 1.82) is 0 Å². The Kier molecular flexibility index (Phi) is 7.77. The number of aryl methyl sites for hydroxylation is 1. The lowest BCUT2D eigenvalue weighted by molar-refractivity contribution is 0.0371. The molecule has 1 amide bonds. The minimum absolute atomic E-state index is 0.0609. The van der Waals surface area contributed by atoms with Gasteiger partial charge in [0, 0.05) is 23.3 Å². The third-order valence-corrected chi connectivity index (χ3v) is 4.88. The molecule has 7 nitrogen and oxygen atoms in total. The molecule has 0 saturated carbocycles. The van der Waals surface area contributed by atoms with E-state index in [-0.39, 0.29) is 30.0 Å². The smallest absolute Gasteiger partial charge is 0.361 e. The summed E-state index contributed by atoms with van der Waals surface area (Å²) in [5.41, 5.74) is 1.52. The van der Waals surface area contributed by atoms with Gasteiger partial charge in [0.25, 0.3) is 5.91 Å². The number of nitrogens with one attached hydrogen (secondary N) is 1. The van der Waals surface area contributed by atoms with E-state index >= 15 is 0 Å². The van der Waals surface area contributed by atoms with Crippen LogP contribution in [0.5, 0.6) is 5.75 Å². The first-order chi connectivity index (χ1) is 15.3. The van der Waals surface area contributed by atoms with Crippen LogP contribution >= 0.6 is 23.2 Å². The van der Waals surface area contributed by atoms with E-state index in [1.165, 1.54) is 0 Å². The van der Waals surface area contributed by atoms with Crippen LogP contribution in [0.2, 0.25) is 10.0 Å². The van der Waals surface area contributed by atoms with Crippen LogP contribution < -0.4 is 10.1 Å². The fraction of sp³-hybridized carbons (Fsp3) is 0.261. The van der Waals surface area contributed by atoms with Crippen LogP contribution in [0.4, 0.5) is 5.69 Å². The third kappa shape index (κ3) is 6.02. The summed E-state index contributed by atoms with van der Waals surface area (Å²) in [7, 11) is 0. The number of amides is 1. The average Bonchev–Trinajstić information content (AvgIpc) is 3.16. The normalized spacial score (nSPS) is 10.8. The van der Waals surface area contributed by atoms with Gasteiger partial charge in [-0.3, -0.25) is 9.48 Å². The molecule has 2 aromatic carbocycles. The van der Waals surface area contributed by atoms with Gasteiger partial charge < -0.3 is 14.8 Å². The van der Waals surface area contributed by atoms with Crippen molar-refractivity contribution in [1.82, 2.24) is 9.78 Å². The van der Waals surface area contributed by atoms with E-state index in [1.807, 2.05) is 13.0 Å². The molecule has 0 bridgehead atoms. The van der Waals surface area contributed by atoms with Gasteiger partial charge in [0.05, 0.1) is 16.8 Å². The quantitative estimate of drug-likeness (QED) is 0.428. The van der Waals surface area contributed by atoms with Gasteiger partial charge in [-0.2, -0.15) is 5.10 Å². The van der Waals surface area contributed by atoms with E-state index in [9.17, 15) is 9.59 Å². The molecule has 0 aliphatic rings. The van der Waals surface area contributed by atoms with Crippen LogP contribution in [-0.4, -0.2) is 27.8 Å². The van der Waals surface area contributed by atoms with Crippen molar-refractivity contribution >= 4 is 40.8 Å². The monoisotopic (exact) mass is 475 g/mol. The zero-order valence-corrected chi connectivity index (χ0v) is 19.4. The van der Waals surface area contributed by atoms with Gasteiger partial charge in [0.2, 0.25) is 0 Å². The summed E-state index contributed by atoms with van der Waals surface area (Å²) in [6.07, 6.45) is 1.30. The summed E-state index contributed by atoms with van der Waals surface area (Å²) < 4.78 is 12.5. The molecule has 0 aliphatic heterocycles. The van der Waals surface area contributed by atoms with E-state index < -0.39 is 5.97 Å². The highest BCUT2D eigenvalue weighted by Gasteiger charge is 2.21. The van der Waals surface area contributed by atoms with Gasteiger partial charge in [-0.05, 0) is 56.7 Å². The predicted octanol–water partition coefficient (Wildman–Crippen LogP) is 5.61. The Balaban J connectivity index is 1.73. The van der Waals surface area contributed by atoms with E-state index in [1.54, 1.807) is 61.1 Å². The number of carbonyl (C=O) groups excluding carboxylic acids is 2. The van der Waals surface area contributed by atoms with Gasteiger partial charge in [0.1, 0.15) is 12.4 Å². The highest BCUT2D eigenvalue weighted by molar-refractivity contribution is 6.35. The van der Waals surface area contributed by atoms with Gasteiger partial charge in [0.15, 0.2) is 5.69 Å². The van der Waals surface area contributed by atoms with Crippen LogP contribution in [0.1, 0.15) is 47.2 Å². The maximum absolute atomic E-state index is 12.8. The fourth-order valence-corrected chi connectivity index (χ4v) is 3.31. The maximum Gasteiger partial charge on any atom is 0.361 e. The van der Waals surface area contributed by atoms with Gasteiger partial charge >= 0.3 is 5.97 Å². The molecule has 1 aromatic heterocycles. The second-order valence-corrected chi connectivity index (χ2v) is 8.06. The minimum atomic E-state index is -0.593. The van der Waals surface area contributed by atoms with Crippen molar-refractivity contribution in [2.75, 3.05) is 5.32 Å². The fourth-order valence-electron chi connectivity index (χ4n) is 2.85. The van der Waals surface area contributed by atoms with Crippen molar-refractivity contribution in [2.24, 2.45) is 0 Å². The molecule has 0 aliphatic carbocycles. The van der Waals surface area contributed by atoms with Gasteiger partial charge in [-0.25, -0.2) is 4.79 Å². The molecule has 0 radical (unpaired) electrons. The van der Waals surface area contributed by atoms with E-state index in [2.05, 4.69) is 10.4 Å². The molecule has 1 N–H and O–H groups in total. The number of aromatic nitrogens is 2. The highest BCUT2D eigenvalue weighted by atomic mass is 35.5. The summed E-state index contributed by atoms with van der Waals surface area (Å²) in [5, 5.41) is 7.88. The van der Waals surface area contributed by atoms with Crippen LogP contribution in [0.25, 0.3) is 0 Å². The number of hydrogen-bond acceptors (Lipinski definition) is 5. The molecular weight excluding hydrogens is 453 g/mol. The van der Waals surface area contributed by atoms with E-state index in [0.29, 0.717) is 27.9 Å². The Morgan fingerprint density at radius 1 is 1.16 bits per heavy atom. The summed E-state index contributed by atoms with van der Waals surface area (Å²) in [4.78, 5) is 25.2. The predicted molar refractivity (Wildman–Crippen MR) is 124 cm³/mol. The Morgan fingerprint density at radius 3 is 2.62 bits per heavy atom. The zero-order chi connectivity index (χ0) is 23.3. The lowest BCUT2D eigenvalue weighted by atomic mass is 10.1. The number of carbonyl (C=O) groups is 2. The van der Waals surface area contributed by atoms with Crippen LogP contribution in [0.15, 0.2) is 48.7 Å². The molecule has 3 rings (SSSR count). The number of ether oxygens (including phenoxy) is 2. The number of hydrogen-bond donors (Lipinski definition) is 1. The number of halogens is 2. The van der Waals surface area contributed by atoms with Crippen molar-refractivity contribution < 1.29 is 19.1 Å². The molecular formula is C23H23Cl2N3O4. The third-order valence-electron chi connectivity index (χ3n) is 4.35. The number of esters is 1. The molecule has 0 atom stereocenters. The number of anilines is 1. The second-order valence-electron chi connectivity index (χ2n) is 7.22. The second kappa shape index (κ2) is 10.5. The van der Waals surface area contributed by atoms with Crippen molar-refractivity contribution in [3.8, 4) is 5.75 Å². The summed E-state index contributed by atoms with van der Waals surface area (Å²) in [5.74, 6) is -0.485. The minimum Gasteiger partial charge on any atom is -0.487 e. The molecule has 3 aromatic rings. The SMILES string of the molecule is CCn1cc(NC(=O)c2cccc(COc3ccc(Cl)cc3Cl)c2)c(C(=O)OC(C)C)n1. The van der Waals surface area contributed by atoms with Gasteiger partial charge in [-0.15, -0.1) is 0 Å². The first-order valence-corrected chi connectivity index (χ1v) is 10.8. The molecule has 0 unspecified atom stereocenters. The van der Waals surface area contributed by atoms with Crippen molar-refractivity contribution in [3.05, 3.63) is 75.5 Å². The molecule has 0 saturated heterocycles. The maximum atomic E-state index is 12.8. The number of rotatable bonds is 8. The topological polar surface area (TPSA) is 82.5 Å². The van der Waals surface area contributed by atoms with Crippen LogP contribution in [0, 0.1) is 0 Å². The first-order valence-electron chi connectivity index (χ1n) is 10.0. The zero-order valence-electron chi connectivity index (χ0n) is 17.9. The molecule has 0 spiro atoms. The van der Waals surface area contributed by atoms with Crippen molar-refractivity contribution in [2.45, 2.75) is 40.0 Å². The number of benzene rings is 2. The highest BCUT2D eigenvalue weighted by Crippen LogP contribution is 2.28. The van der Waals surface area contributed by atoms with Crippen molar-refractivity contribution in [3.63, 3.8) is 0 Å². The lowest BCUT2D eigenvalue weighted by Crippen LogP contribution is -2.17. The van der Waals surface area contributed by atoms with Crippen LogP contribution in [-0.2, 0) is 17.9 Å². The standard InChI is InChI=1S/C23H23Cl2N3O4/c1-4-28-12-19(21(27-28)23(30)32-14(2)3)26-22(29)16-7-5-6-15(10-16)13-31-20-9-8-17(24)11-18(20)25/h5-12,14H,4,13H2,1-3H3,(H,26,29). The first kappa shape index (κ1) is 23.6. The molecule has 0 fully saturated rings. The Bertz CT molecular complexity index is 1130. The number of nitrogens with zero attached hydrogens (tertiary/aromatic N) is 2. The summed E-state index contributed by atoms with van der Waals surface area (Å²) >= 11 is 12.0. The average molecular weight is 476 g/mol. The van der Waals surface area contributed by atoms with Gasteiger partial charge in [-0.1, -0.05) is 35.3 Å². The summed E-state index contributed by atoms with van der Waals surface area (Å²) in [6.45, 7) is 6.13. The van der Waals surface area contributed by atoms with E-state index in [4.69, 9.17) is 32.7 Å². The molecule has 168 valence electrons. The Hall–Kier alpha value is -3.03.